The summed E-state index contributed by atoms with van der Waals surface area (Å²) >= 11 is 0. The molecule has 1 heterocycles. The lowest BCUT2D eigenvalue weighted by Crippen LogP contribution is -2.31. The van der Waals surface area contributed by atoms with E-state index in [1.54, 1.807) is 13.0 Å². The zero-order valence-corrected chi connectivity index (χ0v) is 12.6. The summed E-state index contributed by atoms with van der Waals surface area (Å²) in [5.74, 6) is 0.475. The van der Waals surface area contributed by atoms with Gasteiger partial charge in [-0.1, -0.05) is 12.1 Å². The van der Waals surface area contributed by atoms with E-state index in [4.69, 9.17) is 14.2 Å². The van der Waals surface area contributed by atoms with Gasteiger partial charge in [-0.2, -0.15) is 0 Å². The van der Waals surface area contributed by atoms with Gasteiger partial charge in [0.05, 0.1) is 6.04 Å². The molecular formula is C16H19NO5. The maximum Gasteiger partial charge on any atom is 0.330 e. The molecule has 2 rings (SSSR count). The van der Waals surface area contributed by atoms with Crippen LogP contribution in [-0.4, -0.2) is 31.7 Å². The Balaban J connectivity index is 1.90. The fourth-order valence-corrected chi connectivity index (χ4v) is 2.02. The summed E-state index contributed by atoms with van der Waals surface area (Å²) in [6, 6.07) is 5.29. The largest absolute Gasteiger partial charge is 0.486 e. The van der Waals surface area contributed by atoms with Crippen LogP contribution >= 0.6 is 0 Å². The van der Waals surface area contributed by atoms with Crippen LogP contribution in [0.3, 0.4) is 0 Å². The Kier molecular flexibility index (Phi) is 5.41. The molecule has 0 aliphatic carbocycles. The van der Waals surface area contributed by atoms with Gasteiger partial charge < -0.3 is 19.5 Å². The first-order valence-electron chi connectivity index (χ1n) is 7.08. The molecule has 1 amide bonds. The minimum Gasteiger partial charge on any atom is -0.486 e. The number of fused-ring (bicyclic) bond motifs is 1. The molecule has 0 fully saturated rings. The summed E-state index contributed by atoms with van der Waals surface area (Å²) in [4.78, 5) is 22.9. The summed E-state index contributed by atoms with van der Waals surface area (Å²) in [5.41, 5.74) is 0.886. The van der Waals surface area contributed by atoms with E-state index in [-0.39, 0.29) is 18.6 Å². The molecule has 0 unspecified atom stereocenters. The number of ether oxygens (including phenoxy) is 3. The van der Waals surface area contributed by atoms with Crippen molar-refractivity contribution in [1.82, 2.24) is 5.32 Å². The van der Waals surface area contributed by atoms with Crippen LogP contribution in [0.4, 0.5) is 0 Å². The van der Waals surface area contributed by atoms with Crippen LogP contribution in [0.1, 0.15) is 25.5 Å². The van der Waals surface area contributed by atoms with Gasteiger partial charge in [-0.05, 0) is 31.5 Å². The number of hydrogen-bond acceptors (Lipinski definition) is 5. The van der Waals surface area contributed by atoms with Gasteiger partial charge in [0.2, 0.25) is 0 Å². The van der Waals surface area contributed by atoms with Gasteiger partial charge in [0.1, 0.15) is 13.2 Å². The van der Waals surface area contributed by atoms with Crippen molar-refractivity contribution < 1.29 is 23.8 Å². The third kappa shape index (κ3) is 4.25. The highest BCUT2D eigenvalue weighted by molar-refractivity contribution is 5.85. The molecule has 6 heteroatoms. The molecule has 118 valence electrons. The Morgan fingerprint density at radius 1 is 1.32 bits per heavy atom. The number of nitrogens with one attached hydrogen (secondary N) is 1. The third-order valence-electron chi connectivity index (χ3n) is 3.09. The van der Waals surface area contributed by atoms with Crippen LogP contribution in [0, 0.1) is 0 Å². The Hall–Kier alpha value is -2.50. The molecule has 0 saturated carbocycles. The Morgan fingerprint density at radius 2 is 2.05 bits per heavy atom. The van der Waals surface area contributed by atoms with Gasteiger partial charge in [-0.25, -0.2) is 4.79 Å². The quantitative estimate of drug-likeness (QED) is 0.663. The van der Waals surface area contributed by atoms with Crippen molar-refractivity contribution in [2.45, 2.75) is 19.9 Å². The Bertz CT molecular complexity index is 582. The number of amides is 1. The molecule has 0 aromatic heterocycles. The van der Waals surface area contributed by atoms with Crippen LogP contribution in [0.25, 0.3) is 0 Å². The van der Waals surface area contributed by atoms with Crippen LogP contribution < -0.4 is 14.8 Å². The first-order valence-corrected chi connectivity index (χ1v) is 7.08. The Labute approximate surface area is 129 Å². The van der Waals surface area contributed by atoms with Crippen LogP contribution in [0.2, 0.25) is 0 Å². The molecule has 1 aromatic carbocycles. The van der Waals surface area contributed by atoms with Gasteiger partial charge >= 0.3 is 5.97 Å². The van der Waals surface area contributed by atoms with E-state index in [2.05, 4.69) is 5.32 Å². The van der Waals surface area contributed by atoms with Gasteiger partial charge in [0, 0.05) is 6.08 Å². The molecule has 0 bridgehead atoms. The van der Waals surface area contributed by atoms with E-state index in [9.17, 15) is 9.59 Å². The third-order valence-corrected chi connectivity index (χ3v) is 3.09. The summed E-state index contributed by atoms with van der Waals surface area (Å²) in [5, 5.41) is 2.76. The fraction of sp³-hybridized carbons (Fsp3) is 0.375. The minimum absolute atomic E-state index is 0.233. The van der Waals surface area contributed by atoms with Gasteiger partial charge in [0.25, 0.3) is 5.91 Å². The van der Waals surface area contributed by atoms with Crippen molar-refractivity contribution >= 4 is 11.9 Å². The van der Waals surface area contributed by atoms with E-state index in [1.807, 2.05) is 25.1 Å². The lowest BCUT2D eigenvalue weighted by molar-refractivity contribution is -0.144. The zero-order valence-electron chi connectivity index (χ0n) is 12.6. The molecule has 6 nitrogen and oxygen atoms in total. The average molecular weight is 305 g/mol. The van der Waals surface area contributed by atoms with Crippen molar-refractivity contribution in [1.29, 1.82) is 0 Å². The summed E-state index contributed by atoms with van der Waals surface area (Å²) in [6.45, 7) is 4.29. The smallest absolute Gasteiger partial charge is 0.330 e. The first-order chi connectivity index (χ1) is 10.6. The van der Waals surface area contributed by atoms with Crippen molar-refractivity contribution in [3.8, 4) is 11.5 Å². The molecule has 1 aromatic rings. The van der Waals surface area contributed by atoms with Crippen molar-refractivity contribution in [2.24, 2.45) is 0 Å². The first kappa shape index (κ1) is 15.9. The van der Waals surface area contributed by atoms with Crippen molar-refractivity contribution in [3.05, 3.63) is 35.9 Å². The predicted octanol–water partition coefficient (Wildman–Crippen LogP) is 1.75. The second kappa shape index (κ2) is 7.49. The number of carbonyl (C=O) groups is 2. The molecule has 1 aliphatic heterocycles. The number of carbonyl (C=O) groups excluding carboxylic acids is 2. The van der Waals surface area contributed by atoms with Crippen LogP contribution in [0.15, 0.2) is 30.4 Å². The minimum atomic E-state index is -0.537. The van der Waals surface area contributed by atoms with E-state index in [0.29, 0.717) is 24.7 Å². The normalized spacial score (nSPS) is 14.5. The molecule has 0 spiro atoms. The van der Waals surface area contributed by atoms with Crippen LogP contribution in [-0.2, 0) is 14.3 Å². The number of hydrogen-bond donors (Lipinski definition) is 1. The average Bonchev–Trinajstić information content (AvgIpc) is 2.52. The van der Waals surface area contributed by atoms with E-state index in [1.165, 1.54) is 6.08 Å². The Morgan fingerprint density at radius 3 is 2.77 bits per heavy atom. The second-order valence-electron chi connectivity index (χ2n) is 4.80. The lowest BCUT2D eigenvalue weighted by atomic mass is 10.1. The topological polar surface area (TPSA) is 73.9 Å². The number of benzene rings is 1. The van der Waals surface area contributed by atoms with Crippen molar-refractivity contribution in [2.75, 3.05) is 19.8 Å². The highest BCUT2D eigenvalue weighted by atomic mass is 16.6. The number of esters is 1. The molecule has 22 heavy (non-hydrogen) atoms. The molecular weight excluding hydrogens is 286 g/mol. The standard InChI is InChI=1S/C16H19NO5/c1-3-4-16(19)22-10-15(18)17-11(2)12-5-6-13-14(9-12)21-8-7-20-13/h3-6,9,11H,7-8,10H2,1-2H3,(H,17,18)/b4-3+/t11-/m0/s1. The lowest BCUT2D eigenvalue weighted by Gasteiger charge is -2.21. The molecule has 1 aliphatic rings. The van der Waals surface area contributed by atoms with Gasteiger partial charge in [-0.15, -0.1) is 0 Å². The maximum atomic E-state index is 11.8. The highest BCUT2D eigenvalue weighted by Gasteiger charge is 2.16. The van der Waals surface area contributed by atoms with E-state index < -0.39 is 5.97 Å². The number of allylic oxidation sites excluding steroid dienone is 1. The summed E-state index contributed by atoms with van der Waals surface area (Å²) in [6.07, 6.45) is 2.82. The molecule has 1 atom stereocenters. The van der Waals surface area contributed by atoms with Gasteiger partial charge in [0.15, 0.2) is 18.1 Å². The monoisotopic (exact) mass is 305 g/mol. The van der Waals surface area contributed by atoms with Gasteiger partial charge in [-0.3, -0.25) is 4.79 Å². The van der Waals surface area contributed by atoms with Crippen molar-refractivity contribution in [3.63, 3.8) is 0 Å². The number of rotatable bonds is 5. The second-order valence-corrected chi connectivity index (χ2v) is 4.80. The van der Waals surface area contributed by atoms with E-state index in [0.717, 1.165) is 5.56 Å². The summed E-state index contributed by atoms with van der Waals surface area (Å²) in [7, 11) is 0. The maximum absolute atomic E-state index is 11.8. The zero-order chi connectivity index (χ0) is 15.9. The SMILES string of the molecule is C/C=C/C(=O)OCC(=O)N[C@@H](C)c1ccc2c(c1)OCCO2. The fourth-order valence-electron chi connectivity index (χ4n) is 2.02. The molecule has 0 radical (unpaired) electrons. The van der Waals surface area contributed by atoms with Crippen LogP contribution in [0.5, 0.6) is 11.5 Å². The van der Waals surface area contributed by atoms with E-state index >= 15 is 0 Å². The molecule has 0 saturated heterocycles. The molecule has 1 N–H and O–H groups in total. The highest BCUT2D eigenvalue weighted by Crippen LogP contribution is 2.32. The summed E-state index contributed by atoms with van der Waals surface area (Å²) < 4.78 is 15.8. The predicted molar refractivity (Wildman–Crippen MR) is 79.8 cm³/mol.